The van der Waals surface area contributed by atoms with Gasteiger partial charge in [0, 0.05) is 18.3 Å². The van der Waals surface area contributed by atoms with E-state index in [0.717, 1.165) is 43.7 Å². The Morgan fingerprint density at radius 3 is 2.14 bits per heavy atom. The van der Waals surface area contributed by atoms with Crippen LogP contribution in [0.5, 0.6) is 5.75 Å². The maximum absolute atomic E-state index is 12.3. The van der Waals surface area contributed by atoms with E-state index in [2.05, 4.69) is 34.3 Å². The predicted molar refractivity (Wildman–Crippen MR) is 120 cm³/mol. The molecule has 0 aromatic heterocycles. The summed E-state index contributed by atoms with van der Waals surface area (Å²) in [4.78, 5) is 0. The van der Waals surface area contributed by atoms with Crippen molar-refractivity contribution >= 4 is 15.7 Å². The van der Waals surface area contributed by atoms with Crippen molar-refractivity contribution in [3.05, 3.63) is 24.3 Å². The highest BCUT2D eigenvalue weighted by Gasteiger charge is 2.32. The van der Waals surface area contributed by atoms with Crippen LogP contribution in [0.4, 0.5) is 5.69 Å². The van der Waals surface area contributed by atoms with Crippen molar-refractivity contribution in [2.75, 3.05) is 11.9 Å². The summed E-state index contributed by atoms with van der Waals surface area (Å²) in [5.41, 5.74) is 1.12. The fraction of sp³-hybridized carbons (Fsp3) is 0.739. The number of benzene rings is 1. The molecule has 2 fully saturated rings. The molecular weight excluding hydrogens is 384 g/mol. The minimum absolute atomic E-state index is 0.0756. The summed E-state index contributed by atoms with van der Waals surface area (Å²) in [5.74, 6) is 1.55. The van der Waals surface area contributed by atoms with E-state index in [1.807, 2.05) is 0 Å². The molecule has 2 aliphatic carbocycles. The maximum Gasteiger partial charge on any atom is 0.216 e. The van der Waals surface area contributed by atoms with Crippen LogP contribution >= 0.6 is 0 Å². The lowest BCUT2D eigenvalue weighted by molar-refractivity contribution is 0.155. The first-order valence-electron chi connectivity index (χ1n) is 11.3. The number of ether oxygens (including phenoxy) is 1. The van der Waals surface area contributed by atoms with Crippen LogP contribution in [0.15, 0.2) is 24.3 Å². The van der Waals surface area contributed by atoms with Gasteiger partial charge >= 0.3 is 0 Å². The van der Waals surface area contributed by atoms with Crippen molar-refractivity contribution < 1.29 is 13.2 Å². The molecule has 2 aliphatic rings. The van der Waals surface area contributed by atoms with Gasteiger partial charge in [0.05, 0.1) is 10.9 Å². The Morgan fingerprint density at radius 1 is 0.931 bits per heavy atom. The maximum atomic E-state index is 12.3. The Kier molecular flexibility index (Phi) is 7.49. The molecule has 6 heteroatoms. The molecule has 164 valence electrons. The largest absolute Gasteiger partial charge is 0.490 e. The summed E-state index contributed by atoms with van der Waals surface area (Å²) in [6.45, 7) is 6.17. The molecule has 3 rings (SSSR count). The van der Waals surface area contributed by atoms with Crippen LogP contribution in [0, 0.1) is 5.92 Å². The summed E-state index contributed by atoms with van der Waals surface area (Å²) in [6, 6.07) is 8.40. The molecule has 0 saturated heterocycles. The predicted octanol–water partition coefficient (Wildman–Crippen LogP) is 5.09. The Balaban J connectivity index is 1.39. The quantitative estimate of drug-likeness (QED) is 0.642. The second-order valence-corrected chi connectivity index (χ2v) is 12.2. The van der Waals surface area contributed by atoms with Crippen LogP contribution in [-0.4, -0.2) is 31.9 Å². The molecular formula is C23H38N2O3S. The van der Waals surface area contributed by atoms with Crippen molar-refractivity contribution in [1.29, 1.82) is 0 Å². The molecule has 0 bridgehead atoms. The molecule has 0 unspecified atom stereocenters. The standard InChI is InChI=1S/C23H38N2O3S/c1-23(2,3)29(26,27)25-20-11-9-18(10-12-20)17-24-19-13-15-22(16-14-19)28-21-7-5-4-6-8-21/h13-16,18,20-21,24-25H,4-12,17H2,1-3H3/t18-,20-. The van der Waals surface area contributed by atoms with E-state index in [1.165, 1.54) is 32.1 Å². The highest BCUT2D eigenvalue weighted by molar-refractivity contribution is 7.90. The smallest absolute Gasteiger partial charge is 0.216 e. The van der Waals surface area contributed by atoms with Crippen molar-refractivity contribution in [1.82, 2.24) is 4.72 Å². The third-order valence-corrected chi connectivity index (χ3v) is 8.53. The third kappa shape index (κ3) is 6.61. The monoisotopic (exact) mass is 422 g/mol. The minimum Gasteiger partial charge on any atom is -0.490 e. The molecule has 1 aromatic carbocycles. The molecule has 2 N–H and O–H groups in total. The summed E-state index contributed by atoms with van der Waals surface area (Å²) in [7, 11) is -3.26. The van der Waals surface area contributed by atoms with Crippen LogP contribution in [0.2, 0.25) is 0 Å². The lowest BCUT2D eigenvalue weighted by Gasteiger charge is -2.31. The highest BCUT2D eigenvalue weighted by atomic mass is 32.2. The van der Waals surface area contributed by atoms with Crippen LogP contribution in [-0.2, 0) is 10.0 Å². The van der Waals surface area contributed by atoms with E-state index in [0.29, 0.717) is 12.0 Å². The van der Waals surface area contributed by atoms with Gasteiger partial charge in [0.2, 0.25) is 10.0 Å². The minimum atomic E-state index is -3.26. The average Bonchev–Trinajstić information content (AvgIpc) is 2.68. The van der Waals surface area contributed by atoms with E-state index in [4.69, 9.17) is 4.74 Å². The first-order chi connectivity index (χ1) is 13.7. The Hall–Kier alpha value is -1.27. The van der Waals surface area contributed by atoms with Crippen LogP contribution in [0.25, 0.3) is 0 Å². The first-order valence-corrected chi connectivity index (χ1v) is 12.7. The van der Waals surface area contributed by atoms with Crippen molar-refractivity contribution in [3.8, 4) is 5.75 Å². The fourth-order valence-electron chi connectivity index (χ4n) is 4.17. The average molecular weight is 423 g/mol. The number of sulfonamides is 1. The van der Waals surface area contributed by atoms with Gasteiger partial charge in [-0.05, 0) is 102 Å². The van der Waals surface area contributed by atoms with E-state index < -0.39 is 14.8 Å². The zero-order valence-corrected chi connectivity index (χ0v) is 19.1. The topological polar surface area (TPSA) is 67.4 Å². The van der Waals surface area contributed by atoms with E-state index in [9.17, 15) is 8.42 Å². The second-order valence-electron chi connectivity index (χ2n) is 9.73. The SMILES string of the molecule is CC(C)(C)S(=O)(=O)N[C@H]1CC[C@H](CNc2ccc(OC3CCCCC3)cc2)CC1. The lowest BCUT2D eigenvalue weighted by atomic mass is 9.86. The Bertz CT molecular complexity index is 726. The number of hydrogen-bond donors (Lipinski definition) is 2. The Morgan fingerprint density at radius 2 is 1.55 bits per heavy atom. The summed E-state index contributed by atoms with van der Waals surface area (Å²) >= 11 is 0. The van der Waals surface area contributed by atoms with E-state index >= 15 is 0 Å². The molecule has 0 radical (unpaired) electrons. The zero-order valence-electron chi connectivity index (χ0n) is 18.2. The van der Waals surface area contributed by atoms with E-state index in [1.54, 1.807) is 20.8 Å². The third-order valence-electron chi connectivity index (χ3n) is 6.28. The lowest BCUT2D eigenvalue weighted by Crippen LogP contribution is -2.46. The summed E-state index contributed by atoms with van der Waals surface area (Å²) in [5, 5.41) is 3.54. The van der Waals surface area contributed by atoms with Gasteiger partial charge in [-0.15, -0.1) is 0 Å². The normalized spacial score (nSPS) is 24.2. The molecule has 5 nitrogen and oxygen atoms in total. The van der Waals surface area contributed by atoms with Crippen LogP contribution < -0.4 is 14.8 Å². The summed E-state index contributed by atoms with van der Waals surface area (Å²) in [6.07, 6.45) is 10.6. The van der Waals surface area contributed by atoms with Gasteiger partial charge < -0.3 is 10.1 Å². The van der Waals surface area contributed by atoms with Gasteiger partial charge in [-0.1, -0.05) is 6.42 Å². The fourth-order valence-corrected chi connectivity index (χ4v) is 5.20. The number of rotatable bonds is 7. The number of nitrogens with one attached hydrogen (secondary N) is 2. The molecule has 0 amide bonds. The second kappa shape index (κ2) is 9.69. The van der Waals surface area contributed by atoms with Gasteiger partial charge in [0.15, 0.2) is 0 Å². The molecule has 0 spiro atoms. The molecule has 0 aliphatic heterocycles. The number of hydrogen-bond acceptors (Lipinski definition) is 4. The van der Waals surface area contributed by atoms with Gasteiger partial charge in [0.25, 0.3) is 0 Å². The summed E-state index contributed by atoms with van der Waals surface area (Å²) < 4.78 is 32.9. The van der Waals surface area contributed by atoms with E-state index in [-0.39, 0.29) is 6.04 Å². The van der Waals surface area contributed by atoms with Gasteiger partial charge in [0.1, 0.15) is 5.75 Å². The molecule has 1 aromatic rings. The van der Waals surface area contributed by atoms with Gasteiger partial charge in [-0.3, -0.25) is 0 Å². The number of anilines is 1. The van der Waals surface area contributed by atoms with Gasteiger partial charge in [-0.25, -0.2) is 13.1 Å². The van der Waals surface area contributed by atoms with Crippen LogP contribution in [0.1, 0.15) is 78.6 Å². The Labute approximate surface area is 177 Å². The van der Waals surface area contributed by atoms with Gasteiger partial charge in [-0.2, -0.15) is 0 Å². The molecule has 29 heavy (non-hydrogen) atoms. The van der Waals surface area contributed by atoms with Crippen molar-refractivity contribution in [3.63, 3.8) is 0 Å². The molecule has 0 heterocycles. The molecule has 0 atom stereocenters. The molecule has 2 saturated carbocycles. The van der Waals surface area contributed by atoms with Crippen molar-refractivity contribution in [2.45, 2.75) is 95.5 Å². The van der Waals surface area contributed by atoms with Crippen molar-refractivity contribution in [2.24, 2.45) is 5.92 Å². The first kappa shape index (κ1) is 22.4. The zero-order chi connectivity index (χ0) is 20.9. The van der Waals surface area contributed by atoms with Crippen LogP contribution in [0.3, 0.4) is 0 Å². The highest BCUT2D eigenvalue weighted by Crippen LogP contribution is 2.28.